The minimum Gasteiger partial charge on any atom is -0.494 e. The number of rotatable bonds is 6. The van der Waals surface area contributed by atoms with Gasteiger partial charge in [-0.25, -0.2) is 0 Å². The average molecular weight is 254 g/mol. The van der Waals surface area contributed by atoms with Gasteiger partial charge in [0.1, 0.15) is 5.75 Å². The maximum atomic E-state index is 5.56. The van der Waals surface area contributed by atoms with Crippen molar-refractivity contribution in [1.29, 1.82) is 0 Å². The van der Waals surface area contributed by atoms with Crippen LogP contribution in [0, 0.1) is 0 Å². The van der Waals surface area contributed by atoms with Crippen LogP contribution in [-0.4, -0.2) is 6.61 Å². The van der Waals surface area contributed by atoms with Crippen molar-refractivity contribution < 1.29 is 4.74 Å². The van der Waals surface area contributed by atoms with Gasteiger partial charge in [-0.05, 0) is 48.9 Å². The predicted molar refractivity (Wildman–Crippen MR) is 80.8 cm³/mol. The highest BCUT2D eigenvalue weighted by Gasteiger charge is 2.07. The maximum absolute atomic E-state index is 5.56. The molecule has 1 unspecified atom stereocenters. The molecule has 1 heteroatoms. The summed E-state index contributed by atoms with van der Waals surface area (Å²) >= 11 is 0. The number of hydrogen-bond donors (Lipinski definition) is 0. The van der Waals surface area contributed by atoms with Crippen LogP contribution >= 0.6 is 0 Å². The fraction of sp³-hybridized carbons (Fsp3) is 0.333. The van der Waals surface area contributed by atoms with E-state index >= 15 is 0 Å². The van der Waals surface area contributed by atoms with E-state index in [1.54, 1.807) is 0 Å². The third-order valence-electron chi connectivity index (χ3n) is 3.45. The Bertz CT molecular complexity index is 490. The van der Waals surface area contributed by atoms with Crippen molar-refractivity contribution in [3.05, 3.63) is 65.7 Å². The Morgan fingerprint density at radius 3 is 2.53 bits per heavy atom. The predicted octanol–water partition coefficient (Wildman–Crippen LogP) is 4.82. The largest absolute Gasteiger partial charge is 0.494 e. The van der Waals surface area contributed by atoms with Crippen molar-refractivity contribution in [1.82, 2.24) is 0 Å². The van der Waals surface area contributed by atoms with Gasteiger partial charge >= 0.3 is 0 Å². The average Bonchev–Trinajstić information content (AvgIpc) is 2.46. The molecule has 0 aliphatic carbocycles. The summed E-state index contributed by atoms with van der Waals surface area (Å²) < 4.78 is 5.56. The van der Waals surface area contributed by atoms with Crippen LogP contribution in [0.5, 0.6) is 5.75 Å². The molecule has 2 rings (SSSR count). The van der Waals surface area contributed by atoms with E-state index in [1.165, 1.54) is 17.5 Å². The molecule has 100 valence electrons. The molecule has 0 bridgehead atoms. The van der Waals surface area contributed by atoms with Crippen LogP contribution in [0.2, 0.25) is 0 Å². The summed E-state index contributed by atoms with van der Waals surface area (Å²) in [6.07, 6.45) is 2.29. The first-order chi connectivity index (χ1) is 9.29. The Hall–Kier alpha value is -1.76. The Morgan fingerprint density at radius 2 is 1.79 bits per heavy atom. The molecular weight excluding hydrogens is 232 g/mol. The van der Waals surface area contributed by atoms with Crippen LogP contribution in [0.25, 0.3) is 0 Å². The molecule has 0 aromatic heterocycles. The number of aryl methyl sites for hydroxylation is 1. The monoisotopic (exact) mass is 254 g/mol. The van der Waals surface area contributed by atoms with E-state index < -0.39 is 0 Å². The zero-order valence-corrected chi connectivity index (χ0v) is 11.8. The molecule has 0 heterocycles. The molecule has 0 aliphatic rings. The second-order valence-corrected chi connectivity index (χ2v) is 4.93. The molecule has 0 aliphatic heterocycles. The van der Waals surface area contributed by atoms with Gasteiger partial charge < -0.3 is 4.74 Å². The van der Waals surface area contributed by atoms with Gasteiger partial charge in [-0.1, -0.05) is 49.4 Å². The van der Waals surface area contributed by atoms with Gasteiger partial charge in [-0.2, -0.15) is 0 Å². The van der Waals surface area contributed by atoms with Crippen molar-refractivity contribution in [2.75, 3.05) is 6.61 Å². The summed E-state index contributed by atoms with van der Waals surface area (Å²) in [6, 6.07) is 19.1. The van der Waals surface area contributed by atoms with Crippen molar-refractivity contribution in [2.24, 2.45) is 0 Å². The van der Waals surface area contributed by atoms with Crippen molar-refractivity contribution in [3.63, 3.8) is 0 Å². The molecular formula is C18H22O. The zero-order chi connectivity index (χ0) is 13.5. The van der Waals surface area contributed by atoms with Gasteiger partial charge in [-0.15, -0.1) is 0 Å². The first-order valence-electron chi connectivity index (χ1n) is 7.06. The molecule has 0 saturated heterocycles. The Balaban J connectivity index is 1.95. The molecule has 1 atom stereocenters. The minimum absolute atomic E-state index is 0.556. The summed E-state index contributed by atoms with van der Waals surface area (Å²) in [5.41, 5.74) is 2.78. The summed E-state index contributed by atoms with van der Waals surface area (Å²) in [6.45, 7) is 5.03. The first kappa shape index (κ1) is 13.7. The maximum Gasteiger partial charge on any atom is 0.119 e. The molecule has 0 spiro atoms. The van der Waals surface area contributed by atoms with Gasteiger partial charge in [0.25, 0.3) is 0 Å². The molecule has 19 heavy (non-hydrogen) atoms. The summed E-state index contributed by atoms with van der Waals surface area (Å²) in [7, 11) is 0. The summed E-state index contributed by atoms with van der Waals surface area (Å²) in [5, 5.41) is 0. The lowest BCUT2D eigenvalue weighted by Crippen LogP contribution is -1.98. The van der Waals surface area contributed by atoms with Crippen LogP contribution in [0.1, 0.15) is 37.3 Å². The fourth-order valence-electron chi connectivity index (χ4n) is 2.27. The molecule has 0 radical (unpaired) electrons. The lowest BCUT2D eigenvalue weighted by atomic mass is 9.94. The minimum atomic E-state index is 0.556. The first-order valence-corrected chi connectivity index (χ1v) is 7.06. The zero-order valence-electron chi connectivity index (χ0n) is 11.8. The molecule has 2 aromatic rings. The lowest BCUT2D eigenvalue weighted by Gasteiger charge is -2.13. The Kier molecular flexibility index (Phi) is 5.02. The van der Waals surface area contributed by atoms with Gasteiger partial charge in [0, 0.05) is 0 Å². The van der Waals surface area contributed by atoms with Crippen LogP contribution in [0.15, 0.2) is 54.6 Å². The second-order valence-electron chi connectivity index (χ2n) is 4.93. The van der Waals surface area contributed by atoms with Crippen LogP contribution < -0.4 is 4.74 Å². The molecule has 0 fully saturated rings. The van der Waals surface area contributed by atoms with Crippen molar-refractivity contribution in [3.8, 4) is 5.75 Å². The summed E-state index contributed by atoms with van der Waals surface area (Å²) in [5.74, 6) is 1.53. The number of hydrogen-bond acceptors (Lipinski definition) is 1. The molecule has 0 amide bonds. The van der Waals surface area contributed by atoms with E-state index in [9.17, 15) is 0 Å². The van der Waals surface area contributed by atoms with E-state index in [4.69, 9.17) is 4.74 Å². The molecule has 1 nitrogen and oxygen atoms in total. The summed E-state index contributed by atoms with van der Waals surface area (Å²) in [4.78, 5) is 0. The van der Waals surface area contributed by atoms with Crippen molar-refractivity contribution >= 4 is 0 Å². The Labute approximate surface area is 116 Å². The number of benzene rings is 2. The van der Waals surface area contributed by atoms with Gasteiger partial charge in [0.2, 0.25) is 0 Å². The number of ether oxygens (including phenoxy) is 1. The molecule has 0 N–H and O–H groups in total. The molecule has 0 saturated carbocycles. The standard InChI is InChI=1S/C18H22O/c1-3-19-18-11-7-10-17(14-18)15(2)12-13-16-8-5-4-6-9-16/h4-11,14-15H,3,12-13H2,1-2H3. The van der Waals surface area contributed by atoms with E-state index in [1.807, 2.05) is 13.0 Å². The quantitative estimate of drug-likeness (QED) is 0.718. The second kappa shape index (κ2) is 6.98. The third-order valence-corrected chi connectivity index (χ3v) is 3.45. The van der Waals surface area contributed by atoms with E-state index in [0.29, 0.717) is 5.92 Å². The van der Waals surface area contributed by atoms with E-state index in [0.717, 1.165) is 18.8 Å². The van der Waals surface area contributed by atoms with Crippen LogP contribution in [0.4, 0.5) is 0 Å². The van der Waals surface area contributed by atoms with Crippen molar-refractivity contribution in [2.45, 2.75) is 32.6 Å². The highest BCUT2D eigenvalue weighted by molar-refractivity contribution is 5.30. The lowest BCUT2D eigenvalue weighted by molar-refractivity contribution is 0.339. The van der Waals surface area contributed by atoms with E-state index in [-0.39, 0.29) is 0 Å². The topological polar surface area (TPSA) is 9.23 Å². The highest BCUT2D eigenvalue weighted by atomic mass is 16.5. The smallest absolute Gasteiger partial charge is 0.119 e. The normalized spacial score (nSPS) is 12.1. The van der Waals surface area contributed by atoms with Gasteiger partial charge in [0.15, 0.2) is 0 Å². The SMILES string of the molecule is CCOc1cccc(C(C)CCc2ccccc2)c1. The van der Waals surface area contributed by atoms with E-state index in [2.05, 4.69) is 55.5 Å². The van der Waals surface area contributed by atoms with Gasteiger partial charge in [0.05, 0.1) is 6.61 Å². The van der Waals surface area contributed by atoms with Crippen LogP contribution in [0.3, 0.4) is 0 Å². The third kappa shape index (κ3) is 4.13. The van der Waals surface area contributed by atoms with Crippen LogP contribution in [-0.2, 0) is 6.42 Å². The Morgan fingerprint density at radius 1 is 1.00 bits per heavy atom. The van der Waals surface area contributed by atoms with Gasteiger partial charge in [-0.3, -0.25) is 0 Å². The molecule has 2 aromatic carbocycles. The fourth-order valence-corrected chi connectivity index (χ4v) is 2.27. The highest BCUT2D eigenvalue weighted by Crippen LogP contribution is 2.24.